The largest absolute Gasteiger partial charge is 0.416 e. The number of hydrogen-bond donors (Lipinski definition) is 0. The van der Waals surface area contributed by atoms with Gasteiger partial charge in [0, 0.05) is 10.7 Å². The highest BCUT2D eigenvalue weighted by molar-refractivity contribution is 8.65. The molecule has 0 radical (unpaired) electrons. The molecule has 0 aliphatic rings. The average Bonchev–Trinajstić information content (AvgIpc) is 2.10. The topological polar surface area (TPSA) is 0 Å². The van der Waals surface area contributed by atoms with E-state index in [2.05, 4.69) is 10.7 Å². The molecule has 0 aliphatic carbocycles. The molecule has 0 saturated carbocycles. The van der Waals surface area contributed by atoms with E-state index in [1.54, 1.807) is 0 Å². The summed E-state index contributed by atoms with van der Waals surface area (Å²) in [7, 11) is -5.97. The predicted octanol–water partition coefficient (Wildman–Crippen LogP) is 6.65. The van der Waals surface area contributed by atoms with E-state index >= 15 is 0 Å². The van der Waals surface area contributed by atoms with Crippen LogP contribution in [0.2, 0.25) is 0 Å². The highest BCUT2D eigenvalue weighted by Gasteiger charge is 2.63. The predicted molar refractivity (Wildman–Crippen MR) is 52.6 cm³/mol. The Bertz CT molecular complexity index is 505. The van der Waals surface area contributed by atoms with Gasteiger partial charge in [-0.25, -0.2) is 0 Å². The Morgan fingerprint density at radius 3 is 1.20 bits per heavy atom. The molecule has 0 aliphatic heterocycles. The highest BCUT2D eigenvalue weighted by Crippen LogP contribution is 3.04. The Balaban J connectivity index is 3.74. The van der Waals surface area contributed by atoms with E-state index in [9.17, 15) is 41.9 Å². The molecule has 0 aromatic heterocycles. The second-order valence-corrected chi connectivity index (χ2v) is 7.98. The molecule has 0 bridgehead atoms. The lowest BCUT2D eigenvalue weighted by molar-refractivity contribution is -0.143. The summed E-state index contributed by atoms with van der Waals surface area (Å²) in [6.07, 6.45) is -11.1. The fraction of sp³-hybridized carbons (Fsp3) is 0.250. The van der Waals surface area contributed by atoms with Crippen molar-refractivity contribution in [2.75, 3.05) is 0 Å². The van der Waals surface area contributed by atoms with Crippen LogP contribution in [0.15, 0.2) is 23.1 Å². The van der Waals surface area contributed by atoms with Crippen LogP contribution in [0.3, 0.4) is 0 Å². The first kappa shape index (κ1) is 17.2. The van der Waals surface area contributed by atoms with Gasteiger partial charge in [-0.05, 0) is 18.2 Å². The minimum Gasteiger partial charge on any atom is -0.166 e. The van der Waals surface area contributed by atoms with E-state index in [1.165, 1.54) is 0 Å². The van der Waals surface area contributed by atoms with Crippen molar-refractivity contribution in [1.29, 1.82) is 0 Å². The van der Waals surface area contributed by atoms with Gasteiger partial charge < -0.3 is 0 Å². The van der Waals surface area contributed by atoms with Crippen molar-refractivity contribution >= 4 is 19.7 Å². The van der Waals surface area contributed by atoms with Crippen molar-refractivity contribution in [3.63, 3.8) is 0 Å². The van der Waals surface area contributed by atoms with Crippen LogP contribution in [0, 0.1) is 0 Å². The average molecular weight is 357 g/mol. The summed E-state index contributed by atoms with van der Waals surface area (Å²) in [5.41, 5.74) is -4.61. The molecule has 0 spiro atoms. The minimum absolute atomic E-state index is 0.566. The molecule has 0 heterocycles. The lowest BCUT2D eigenvalue weighted by atomic mass is 10.1. The third-order valence-corrected chi connectivity index (χ3v) is 3.67. The molecule has 0 unspecified atom stereocenters. The van der Waals surface area contributed by atoms with Gasteiger partial charge in [0.15, 0.2) is 0 Å². The van der Waals surface area contributed by atoms with Gasteiger partial charge >= 0.3 is 12.4 Å². The molecule has 12 heteroatoms. The van der Waals surface area contributed by atoms with Crippen LogP contribution in [0.4, 0.5) is 41.9 Å². The van der Waals surface area contributed by atoms with Crippen molar-refractivity contribution in [3.05, 3.63) is 29.3 Å². The van der Waals surface area contributed by atoms with Crippen molar-refractivity contribution in [3.8, 4) is 0 Å². The zero-order valence-corrected chi connectivity index (χ0v) is 10.4. The van der Waals surface area contributed by atoms with Crippen molar-refractivity contribution < 1.29 is 41.9 Å². The minimum atomic E-state index is -9.70. The first-order chi connectivity index (χ1) is 8.30. The summed E-state index contributed by atoms with van der Waals surface area (Å²) >= 11 is 0. The summed E-state index contributed by atoms with van der Waals surface area (Å²) in [6, 6.07) is -2.17. The molecule has 0 N–H and O–H groups in total. The molecule has 0 atom stereocenters. The zero-order valence-electron chi connectivity index (χ0n) is 8.80. The van der Waals surface area contributed by atoms with E-state index in [0.29, 0.717) is 0 Å². The van der Waals surface area contributed by atoms with Crippen LogP contribution >= 0.6 is 19.7 Å². The summed E-state index contributed by atoms with van der Waals surface area (Å²) < 4.78 is 125. The molecular formula is C8H3ClF10S. The van der Waals surface area contributed by atoms with Gasteiger partial charge in [-0.15, -0.1) is 15.5 Å². The van der Waals surface area contributed by atoms with Crippen molar-refractivity contribution in [1.82, 2.24) is 0 Å². The summed E-state index contributed by atoms with van der Waals surface area (Å²) in [5, 5.41) is 0. The van der Waals surface area contributed by atoms with Crippen LogP contribution in [0.1, 0.15) is 11.1 Å². The smallest absolute Gasteiger partial charge is 0.166 e. The number of rotatable bonds is 1. The fourth-order valence-corrected chi connectivity index (χ4v) is 2.12. The normalized spacial score (nSPS) is 17.6. The summed E-state index contributed by atoms with van der Waals surface area (Å²) in [5.74, 6) is 0. The highest BCUT2D eigenvalue weighted by atomic mass is 35.7. The van der Waals surface area contributed by atoms with Gasteiger partial charge in [0.2, 0.25) is 0 Å². The van der Waals surface area contributed by atoms with Crippen LogP contribution < -0.4 is 0 Å². The van der Waals surface area contributed by atoms with Gasteiger partial charge in [-0.2, -0.15) is 26.3 Å². The lowest BCUT2D eigenvalue weighted by Crippen LogP contribution is -2.14. The number of benzene rings is 1. The molecule has 1 rings (SSSR count). The van der Waals surface area contributed by atoms with Crippen molar-refractivity contribution in [2.45, 2.75) is 17.2 Å². The molecule has 118 valence electrons. The Labute approximate surface area is 109 Å². The van der Waals surface area contributed by atoms with E-state index in [-0.39, 0.29) is 0 Å². The van der Waals surface area contributed by atoms with Crippen LogP contribution in [0.5, 0.6) is 0 Å². The molecular weight excluding hydrogens is 354 g/mol. The second kappa shape index (κ2) is 3.67. The van der Waals surface area contributed by atoms with Crippen LogP contribution in [0.25, 0.3) is 0 Å². The monoisotopic (exact) mass is 356 g/mol. The second-order valence-electron chi connectivity index (χ2n) is 3.71. The zero-order chi connectivity index (χ0) is 16.3. The molecule has 20 heavy (non-hydrogen) atoms. The maximum Gasteiger partial charge on any atom is 0.416 e. The van der Waals surface area contributed by atoms with E-state index in [1.807, 2.05) is 0 Å². The first-order valence-corrected chi connectivity index (χ1v) is 7.22. The molecule has 1 aromatic rings. The lowest BCUT2D eigenvalue weighted by Gasteiger charge is -2.43. The first-order valence-electron chi connectivity index (χ1n) is 4.34. The number of alkyl halides is 6. The van der Waals surface area contributed by atoms with Gasteiger partial charge in [-0.3, -0.25) is 0 Å². The van der Waals surface area contributed by atoms with Gasteiger partial charge in [0.1, 0.15) is 0 Å². The Morgan fingerprint density at radius 2 is 1.00 bits per heavy atom. The molecule has 1 aromatic carbocycles. The third-order valence-electron chi connectivity index (χ3n) is 2.01. The van der Waals surface area contributed by atoms with Crippen molar-refractivity contribution in [2.24, 2.45) is 0 Å². The van der Waals surface area contributed by atoms with Gasteiger partial charge in [-0.1, -0.05) is 0 Å². The Morgan fingerprint density at radius 1 is 0.700 bits per heavy atom. The Kier molecular flexibility index (Phi) is 3.16. The standard InChI is InChI=1S/C8H3ClF10S/c9-20(16,17,18,19)6-2-4(7(10,11)12)1-5(3-6)8(13,14)15/h1-3H. The van der Waals surface area contributed by atoms with Crippen LogP contribution in [-0.4, -0.2) is 0 Å². The van der Waals surface area contributed by atoms with Crippen LogP contribution in [-0.2, 0) is 12.4 Å². The third kappa shape index (κ3) is 4.08. The SMILES string of the molecule is FC(F)(F)c1cc(C(F)(F)F)cc(S(F)(F)(F)(F)Cl)c1. The molecule has 0 fully saturated rings. The molecule has 0 saturated heterocycles. The maximum atomic E-state index is 12.8. The Hall–Kier alpha value is -0.840. The number of halogens is 11. The van der Waals surface area contributed by atoms with E-state index < -0.39 is 55.6 Å². The van der Waals surface area contributed by atoms with E-state index in [0.717, 1.165) is 0 Å². The van der Waals surface area contributed by atoms with E-state index in [4.69, 9.17) is 0 Å². The maximum absolute atomic E-state index is 12.8. The van der Waals surface area contributed by atoms with Gasteiger partial charge in [0.05, 0.1) is 16.0 Å². The number of hydrogen-bond acceptors (Lipinski definition) is 0. The molecule has 0 amide bonds. The fourth-order valence-electron chi connectivity index (χ4n) is 1.15. The molecule has 0 nitrogen and oxygen atoms in total. The summed E-state index contributed by atoms with van der Waals surface area (Å²) in [4.78, 5) is -2.81. The quantitative estimate of drug-likeness (QED) is 0.494. The van der Waals surface area contributed by atoms with Gasteiger partial charge in [0.25, 0.3) is 9.05 Å². The summed E-state index contributed by atoms with van der Waals surface area (Å²) in [6.45, 7) is 0.